The lowest BCUT2D eigenvalue weighted by Crippen LogP contribution is -2.35. The number of anilines is 1. The number of carbonyl (C=O) groups excluding carboxylic acids is 3. The van der Waals surface area contributed by atoms with Gasteiger partial charge in [0.15, 0.2) is 6.61 Å². The monoisotopic (exact) mass is 382 g/mol. The van der Waals surface area contributed by atoms with Crippen molar-refractivity contribution in [3.63, 3.8) is 0 Å². The van der Waals surface area contributed by atoms with Crippen LogP contribution in [0.2, 0.25) is 0 Å². The first-order valence-electron chi connectivity index (χ1n) is 9.39. The van der Waals surface area contributed by atoms with Crippen molar-refractivity contribution < 1.29 is 19.1 Å². The zero-order valence-corrected chi connectivity index (χ0v) is 16.2. The number of hydrogen-bond acceptors (Lipinski definition) is 4. The zero-order valence-electron chi connectivity index (χ0n) is 16.2. The second kappa shape index (κ2) is 10.9. The molecule has 1 unspecified atom stereocenters. The van der Waals surface area contributed by atoms with Gasteiger partial charge in [-0.2, -0.15) is 0 Å². The molecule has 2 aromatic rings. The van der Waals surface area contributed by atoms with E-state index in [1.165, 1.54) is 0 Å². The molecule has 6 nitrogen and oxygen atoms in total. The minimum atomic E-state index is -0.658. The highest BCUT2D eigenvalue weighted by Crippen LogP contribution is 2.17. The molecule has 0 spiro atoms. The third kappa shape index (κ3) is 6.87. The smallest absolute Gasteiger partial charge is 0.340 e. The average molecular weight is 382 g/mol. The number of ether oxygens (including phenoxy) is 1. The maximum Gasteiger partial charge on any atom is 0.340 e. The van der Waals surface area contributed by atoms with Gasteiger partial charge in [0.05, 0.1) is 17.7 Å². The molecule has 0 heterocycles. The summed E-state index contributed by atoms with van der Waals surface area (Å²) >= 11 is 0. The predicted molar refractivity (Wildman–Crippen MR) is 108 cm³/mol. The normalized spacial score (nSPS) is 11.4. The molecule has 6 heteroatoms. The van der Waals surface area contributed by atoms with Gasteiger partial charge in [-0.25, -0.2) is 4.79 Å². The van der Waals surface area contributed by atoms with Gasteiger partial charge < -0.3 is 15.4 Å². The van der Waals surface area contributed by atoms with Gasteiger partial charge in [0.25, 0.3) is 5.91 Å². The molecule has 0 bridgehead atoms. The van der Waals surface area contributed by atoms with Crippen LogP contribution in [0.4, 0.5) is 5.69 Å². The summed E-state index contributed by atoms with van der Waals surface area (Å²) in [5.41, 5.74) is 1.43. The summed E-state index contributed by atoms with van der Waals surface area (Å²) in [5.74, 6) is -1.24. The molecule has 0 aromatic heterocycles. The van der Waals surface area contributed by atoms with Crippen LogP contribution in [0.1, 0.15) is 42.6 Å². The standard InChI is InChI=1S/C22H26N2O4/c1-3-9-16(2)23-21(26)15-28-22(27)18-12-7-8-13-19(18)24-20(25)14-17-10-5-4-6-11-17/h4-8,10-13,16H,3,9,14-15H2,1-2H3,(H,23,26)(H,24,25). The third-order valence-electron chi connectivity index (χ3n) is 4.09. The number of amides is 2. The Morgan fingerprint density at radius 1 is 0.964 bits per heavy atom. The Hall–Kier alpha value is -3.15. The summed E-state index contributed by atoms with van der Waals surface area (Å²) in [7, 11) is 0. The highest BCUT2D eigenvalue weighted by Gasteiger charge is 2.16. The molecule has 0 saturated heterocycles. The summed E-state index contributed by atoms with van der Waals surface area (Å²) in [6, 6.07) is 15.9. The maximum absolute atomic E-state index is 12.4. The van der Waals surface area contributed by atoms with E-state index in [9.17, 15) is 14.4 Å². The van der Waals surface area contributed by atoms with Gasteiger partial charge in [-0.3, -0.25) is 9.59 Å². The van der Waals surface area contributed by atoms with Gasteiger partial charge in [-0.1, -0.05) is 55.8 Å². The first-order valence-corrected chi connectivity index (χ1v) is 9.39. The minimum Gasteiger partial charge on any atom is -0.452 e. The molecular weight excluding hydrogens is 356 g/mol. The number of rotatable bonds is 9. The van der Waals surface area contributed by atoms with E-state index in [4.69, 9.17) is 4.74 Å². The van der Waals surface area contributed by atoms with E-state index in [2.05, 4.69) is 10.6 Å². The molecule has 0 radical (unpaired) electrons. The van der Waals surface area contributed by atoms with Crippen molar-refractivity contribution in [2.75, 3.05) is 11.9 Å². The molecule has 0 saturated carbocycles. The minimum absolute atomic E-state index is 0.0285. The van der Waals surface area contributed by atoms with E-state index >= 15 is 0 Å². The van der Waals surface area contributed by atoms with Crippen LogP contribution in [-0.2, 0) is 20.7 Å². The lowest BCUT2D eigenvalue weighted by Gasteiger charge is -2.14. The molecular formula is C22H26N2O4. The van der Waals surface area contributed by atoms with Gasteiger partial charge in [-0.05, 0) is 31.0 Å². The van der Waals surface area contributed by atoms with E-state index in [0.29, 0.717) is 5.69 Å². The molecule has 0 aliphatic heterocycles. The van der Waals surface area contributed by atoms with E-state index in [0.717, 1.165) is 18.4 Å². The molecule has 0 fully saturated rings. The molecule has 148 valence electrons. The quantitative estimate of drug-likeness (QED) is 0.652. The fourth-order valence-electron chi connectivity index (χ4n) is 2.78. The van der Waals surface area contributed by atoms with E-state index in [1.807, 2.05) is 44.2 Å². The first-order chi connectivity index (χ1) is 13.5. The fraction of sp³-hybridized carbons (Fsp3) is 0.318. The van der Waals surface area contributed by atoms with Crippen LogP contribution in [0.15, 0.2) is 54.6 Å². The maximum atomic E-state index is 12.4. The second-order valence-corrected chi connectivity index (χ2v) is 6.59. The Morgan fingerprint density at radius 2 is 1.64 bits per heavy atom. The number of esters is 1. The van der Waals surface area contributed by atoms with Crippen LogP contribution in [0.25, 0.3) is 0 Å². The van der Waals surface area contributed by atoms with Crippen molar-refractivity contribution in [3.05, 3.63) is 65.7 Å². The van der Waals surface area contributed by atoms with Crippen molar-refractivity contribution >= 4 is 23.5 Å². The van der Waals surface area contributed by atoms with Crippen LogP contribution in [0.5, 0.6) is 0 Å². The summed E-state index contributed by atoms with van der Waals surface area (Å²) in [6.45, 7) is 3.58. The Bertz CT molecular complexity index is 805. The van der Waals surface area contributed by atoms with Crippen molar-refractivity contribution in [2.24, 2.45) is 0 Å². The molecule has 2 rings (SSSR count). The van der Waals surface area contributed by atoms with E-state index in [1.54, 1.807) is 24.3 Å². The first kappa shape index (κ1) is 21.2. The lowest BCUT2D eigenvalue weighted by atomic mass is 10.1. The number of para-hydroxylation sites is 1. The van der Waals surface area contributed by atoms with E-state index in [-0.39, 0.29) is 36.4 Å². The highest BCUT2D eigenvalue weighted by atomic mass is 16.5. The Kier molecular flexibility index (Phi) is 8.21. The van der Waals surface area contributed by atoms with Crippen LogP contribution in [-0.4, -0.2) is 30.4 Å². The van der Waals surface area contributed by atoms with Crippen LogP contribution >= 0.6 is 0 Å². The summed E-state index contributed by atoms with van der Waals surface area (Å²) in [5, 5.41) is 5.51. The largest absolute Gasteiger partial charge is 0.452 e. The zero-order chi connectivity index (χ0) is 20.4. The molecule has 0 aliphatic rings. The second-order valence-electron chi connectivity index (χ2n) is 6.59. The average Bonchev–Trinajstić information content (AvgIpc) is 2.67. The number of carbonyl (C=O) groups is 3. The molecule has 28 heavy (non-hydrogen) atoms. The van der Waals surface area contributed by atoms with Crippen LogP contribution in [0, 0.1) is 0 Å². The topological polar surface area (TPSA) is 84.5 Å². The fourth-order valence-corrected chi connectivity index (χ4v) is 2.78. The van der Waals surface area contributed by atoms with Gasteiger partial charge in [0.1, 0.15) is 0 Å². The Morgan fingerprint density at radius 3 is 2.36 bits per heavy atom. The number of nitrogens with one attached hydrogen (secondary N) is 2. The molecule has 2 aromatic carbocycles. The van der Waals surface area contributed by atoms with Crippen molar-refractivity contribution in [2.45, 2.75) is 39.2 Å². The molecule has 0 aliphatic carbocycles. The van der Waals surface area contributed by atoms with Gasteiger partial charge in [0, 0.05) is 6.04 Å². The predicted octanol–water partition coefficient (Wildman–Crippen LogP) is 3.33. The molecule has 2 N–H and O–H groups in total. The van der Waals surface area contributed by atoms with Crippen LogP contribution in [0.3, 0.4) is 0 Å². The van der Waals surface area contributed by atoms with Crippen molar-refractivity contribution in [1.82, 2.24) is 5.32 Å². The molecule has 2 amide bonds. The SMILES string of the molecule is CCCC(C)NC(=O)COC(=O)c1ccccc1NC(=O)Cc1ccccc1. The van der Waals surface area contributed by atoms with Gasteiger partial charge in [0.2, 0.25) is 5.91 Å². The number of hydrogen-bond donors (Lipinski definition) is 2. The Balaban J connectivity index is 1.94. The van der Waals surface area contributed by atoms with Crippen molar-refractivity contribution in [3.8, 4) is 0 Å². The summed E-state index contributed by atoms with van der Waals surface area (Å²) in [6.07, 6.45) is 2.01. The highest BCUT2D eigenvalue weighted by molar-refractivity contribution is 6.02. The lowest BCUT2D eigenvalue weighted by molar-refractivity contribution is -0.124. The van der Waals surface area contributed by atoms with E-state index < -0.39 is 5.97 Å². The Labute approximate surface area is 165 Å². The summed E-state index contributed by atoms with van der Waals surface area (Å²) in [4.78, 5) is 36.5. The molecule has 1 atom stereocenters. The van der Waals surface area contributed by atoms with Gasteiger partial charge >= 0.3 is 5.97 Å². The number of benzene rings is 2. The van der Waals surface area contributed by atoms with Gasteiger partial charge in [-0.15, -0.1) is 0 Å². The van der Waals surface area contributed by atoms with Crippen molar-refractivity contribution in [1.29, 1.82) is 0 Å². The summed E-state index contributed by atoms with van der Waals surface area (Å²) < 4.78 is 5.11. The third-order valence-corrected chi connectivity index (χ3v) is 4.09. The van der Waals surface area contributed by atoms with Crippen LogP contribution < -0.4 is 10.6 Å².